The highest BCUT2D eigenvalue weighted by atomic mass is 16.5. The largest absolute Gasteiger partial charge is 0.491 e. The molecule has 0 aromatic heterocycles. The zero-order chi connectivity index (χ0) is 22.3. The normalized spacial score (nSPS) is 14.4. The van der Waals surface area contributed by atoms with E-state index < -0.39 is 0 Å². The Morgan fingerprint density at radius 1 is 0.875 bits per heavy atom. The second-order valence-electron chi connectivity index (χ2n) is 8.44. The highest BCUT2D eigenvalue weighted by molar-refractivity contribution is 6.04. The van der Waals surface area contributed by atoms with Gasteiger partial charge in [0.05, 0.1) is 6.10 Å². The third kappa shape index (κ3) is 5.89. The van der Waals surface area contributed by atoms with Crippen molar-refractivity contribution >= 4 is 17.3 Å². The van der Waals surface area contributed by atoms with Crippen LogP contribution in [0.15, 0.2) is 78.9 Å². The summed E-state index contributed by atoms with van der Waals surface area (Å²) >= 11 is 0. The summed E-state index contributed by atoms with van der Waals surface area (Å²) in [4.78, 5) is 17.5. The molecule has 0 bridgehead atoms. The van der Waals surface area contributed by atoms with Crippen LogP contribution in [0.1, 0.15) is 29.8 Å². The van der Waals surface area contributed by atoms with Crippen molar-refractivity contribution in [2.75, 3.05) is 36.4 Å². The molecule has 1 aliphatic rings. The van der Waals surface area contributed by atoms with Crippen molar-refractivity contribution in [3.63, 3.8) is 0 Å². The first-order valence-corrected chi connectivity index (χ1v) is 11.3. The molecule has 1 amide bonds. The Morgan fingerprint density at radius 3 is 2.16 bits per heavy atom. The molecular weight excluding hydrogens is 398 g/mol. The maximum absolute atomic E-state index is 12.6. The first-order valence-electron chi connectivity index (χ1n) is 11.3. The van der Waals surface area contributed by atoms with Gasteiger partial charge in [0, 0.05) is 49.7 Å². The molecule has 1 saturated heterocycles. The van der Waals surface area contributed by atoms with Gasteiger partial charge in [-0.1, -0.05) is 30.3 Å². The van der Waals surface area contributed by atoms with Gasteiger partial charge in [0.15, 0.2) is 0 Å². The number of piperazine rings is 1. The molecule has 1 fully saturated rings. The SMILES string of the molecule is CC(C)Oc1ccc(C(=O)Nc2ccc(N3CCN(Cc4ccccc4)CC3)cc2)cc1. The summed E-state index contributed by atoms with van der Waals surface area (Å²) in [6, 6.07) is 26.0. The zero-order valence-electron chi connectivity index (χ0n) is 18.8. The third-order valence-corrected chi connectivity index (χ3v) is 5.60. The molecule has 3 aromatic rings. The quantitative estimate of drug-likeness (QED) is 0.571. The summed E-state index contributed by atoms with van der Waals surface area (Å²) in [6.45, 7) is 9.06. The van der Waals surface area contributed by atoms with Gasteiger partial charge >= 0.3 is 0 Å². The summed E-state index contributed by atoms with van der Waals surface area (Å²) in [5, 5.41) is 2.98. The molecule has 5 nitrogen and oxygen atoms in total. The monoisotopic (exact) mass is 429 g/mol. The van der Waals surface area contributed by atoms with Crippen LogP contribution >= 0.6 is 0 Å². The average Bonchev–Trinajstić information content (AvgIpc) is 2.81. The Kier molecular flexibility index (Phi) is 7.07. The Bertz CT molecular complexity index is 993. The second kappa shape index (κ2) is 10.3. The van der Waals surface area contributed by atoms with Gasteiger partial charge in [-0.2, -0.15) is 0 Å². The van der Waals surface area contributed by atoms with E-state index in [9.17, 15) is 4.79 Å². The summed E-state index contributed by atoms with van der Waals surface area (Å²) in [6.07, 6.45) is 0.111. The number of rotatable bonds is 7. The second-order valence-corrected chi connectivity index (χ2v) is 8.44. The molecule has 166 valence electrons. The van der Waals surface area contributed by atoms with Crippen LogP contribution in [0.5, 0.6) is 5.75 Å². The molecule has 0 unspecified atom stereocenters. The van der Waals surface area contributed by atoms with Crippen molar-refractivity contribution in [1.29, 1.82) is 0 Å². The number of ether oxygens (including phenoxy) is 1. The fraction of sp³-hybridized carbons (Fsp3) is 0.296. The first-order chi connectivity index (χ1) is 15.6. The van der Waals surface area contributed by atoms with Crippen molar-refractivity contribution in [2.24, 2.45) is 0 Å². The minimum Gasteiger partial charge on any atom is -0.491 e. The number of hydrogen-bond donors (Lipinski definition) is 1. The van der Waals surface area contributed by atoms with Gasteiger partial charge in [0.2, 0.25) is 0 Å². The van der Waals surface area contributed by atoms with Gasteiger partial charge in [0.25, 0.3) is 5.91 Å². The number of carbonyl (C=O) groups is 1. The molecule has 4 rings (SSSR count). The smallest absolute Gasteiger partial charge is 0.255 e. The van der Waals surface area contributed by atoms with E-state index in [0.717, 1.165) is 44.2 Å². The summed E-state index contributed by atoms with van der Waals surface area (Å²) in [5.41, 5.74) is 3.96. The van der Waals surface area contributed by atoms with E-state index in [0.29, 0.717) is 5.56 Å². The number of carbonyl (C=O) groups excluding carboxylic acids is 1. The van der Waals surface area contributed by atoms with Crippen LogP contribution in [0.2, 0.25) is 0 Å². The Balaban J connectivity index is 1.28. The number of nitrogens with zero attached hydrogens (tertiary/aromatic N) is 2. The van der Waals surface area contributed by atoms with Crippen LogP contribution in [0, 0.1) is 0 Å². The molecule has 0 radical (unpaired) electrons. The predicted molar refractivity (Wildman–Crippen MR) is 131 cm³/mol. The average molecular weight is 430 g/mol. The maximum Gasteiger partial charge on any atom is 0.255 e. The van der Waals surface area contributed by atoms with E-state index in [-0.39, 0.29) is 12.0 Å². The lowest BCUT2D eigenvalue weighted by atomic mass is 10.1. The number of nitrogens with one attached hydrogen (secondary N) is 1. The van der Waals surface area contributed by atoms with Crippen LogP contribution in [-0.2, 0) is 6.54 Å². The molecule has 32 heavy (non-hydrogen) atoms. The van der Waals surface area contributed by atoms with Crippen LogP contribution in [0.25, 0.3) is 0 Å². The zero-order valence-corrected chi connectivity index (χ0v) is 18.8. The van der Waals surface area contributed by atoms with E-state index in [2.05, 4.69) is 57.6 Å². The molecular formula is C27H31N3O2. The minimum absolute atomic E-state index is 0.111. The molecule has 0 saturated carbocycles. The summed E-state index contributed by atoms with van der Waals surface area (Å²) < 4.78 is 5.63. The molecule has 1 aliphatic heterocycles. The molecule has 0 spiro atoms. The fourth-order valence-corrected chi connectivity index (χ4v) is 3.92. The maximum atomic E-state index is 12.6. The van der Waals surface area contributed by atoms with Gasteiger partial charge in [0.1, 0.15) is 5.75 Å². The molecule has 3 aromatic carbocycles. The molecule has 5 heteroatoms. The molecule has 0 aliphatic carbocycles. The van der Waals surface area contributed by atoms with E-state index in [1.165, 1.54) is 11.3 Å². The van der Waals surface area contributed by atoms with Gasteiger partial charge in [-0.15, -0.1) is 0 Å². The lowest BCUT2D eigenvalue weighted by Gasteiger charge is -2.36. The highest BCUT2D eigenvalue weighted by Gasteiger charge is 2.17. The Morgan fingerprint density at radius 2 is 1.53 bits per heavy atom. The van der Waals surface area contributed by atoms with E-state index in [1.807, 2.05) is 38.1 Å². The number of anilines is 2. The Labute approximate surface area is 190 Å². The van der Waals surface area contributed by atoms with Crippen molar-refractivity contribution in [3.05, 3.63) is 90.0 Å². The highest BCUT2D eigenvalue weighted by Crippen LogP contribution is 2.21. The third-order valence-electron chi connectivity index (χ3n) is 5.60. The lowest BCUT2D eigenvalue weighted by Crippen LogP contribution is -2.45. The van der Waals surface area contributed by atoms with Crippen LogP contribution in [0.4, 0.5) is 11.4 Å². The van der Waals surface area contributed by atoms with Crippen molar-refractivity contribution in [2.45, 2.75) is 26.5 Å². The van der Waals surface area contributed by atoms with Crippen LogP contribution < -0.4 is 15.0 Å². The van der Waals surface area contributed by atoms with Crippen molar-refractivity contribution in [1.82, 2.24) is 4.90 Å². The van der Waals surface area contributed by atoms with Gasteiger partial charge in [-0.05, 0) is 67.9 Å². The van der Waals surface area contributed by atoms with E-state index in [4.69, 9.17) is 4.74 Å². The summed E-state index contributed by atoms with van der Waals surface area (Å²) in [7, 11) is 0. The Hall–Kier alpha value is -3.31. The summed E-state index contributed by atoms with van der Waals surface area (Å²) in [5.74, 6) is 0.646. The first kappa shape index (κ1) is 21.9. The lowest BCUT2D eigenvalue weighted by molar-refractivity contribution is 0.102. The topological polar surface area (TPSA) is 44.8 Å². The minimum atomic E-state index is -0.122. The fourth-order valence-electron chi connectivity index (χ4n) is 3.92. The molecule has 0 atom stereocenters. The number of benzene rings is 3. The van der Waals surface area contributed by atoms with E-state index >= 15 is 0 Å². The molecule has 1 N–H and O–H groups in total. The van der Waals surface area contributed by atoms with Crippen molar-refractivity contribution in [3.8, 4) is 5.75 Å². The van der Waals surface area contributed by atoms with Gasteiger partial charge in [-0.3, -0.25) is 9.69 Å². The van der Waals surface area contributed by atoms with Crippen LogP contribution in [0.3, 0.4) is 0 Å². The van der Waals surface area contributed by atoms with E-state index in [1.54, 1.807) is 12.1 Å². The standard InChI is InChI=1S/C27H31N3O2/c1-21(2)32-26-14-8-23(9-15-26)27(31)28-24-10-12-25(13-11-24)30-18-16-29(17-19-30)20-22-6-4-3-5-7-22/h3-15,21H,16-20H2,1-2H3,(H,28,31). The van der Waals surface area contributed by atoms with Crippen molar-refractivity contribution < 1.29 is 9.53 Å². The van der Waals surface area contributed by atoms with Crippen LogP contribution in [-0.4, -0.2) is 43.1 Å². The number of amides is 1. The number of hydrogen-bond acceptors (Lipinski definition) is 4. The predicted octanol–water partition coefficient (Wildman–Crippen LogP) is 5.05. The van der Waals surface area contributed by atoms with Gasteiger partial charge in [-0.25, -0.2) is 0 Å². The van der Waals surface area contributed by atoms with Gasteiger partial charge < -0.3 is 15.0 Å². The molecule has 1 heterocycles.